The highest BCUT2D eigenvalue weighted by atomic mass is 32.1. The number of thiophene rings is 1. The number of hydrogen-bond acceptors (Lipinski definition) is 6. The molecule has 3 rings (SSSR count). The fourth-order valence-electron chi connectivity index (χ4n) is 2.94. The molecule has 0 atom stereocenters. The van der Waals surface area contributed by atoms with E-state index in [1.807, 2.05) is 19.9 Å². The van der Waals surface area contributed by atoms with Gasteiger partial charge in [-0.2, -0.15) is 5.26 Å². The first kappa shape index (κ1) is 20.4. The van der Waals surface area contributed by atoms with Gasteiger partial charge in [0.2, 0.25) is 12.7 Å². The highest BCUT2D eigenvalue weighted by Gasteiger charge is 2.23. The van der Waals surface area contributed by atoms with E-state index in [1.165, 1.54) is 6.08 Å². The van der Waals surface area contributed by atoms with E-state index < -0.39 is 0 Å². The third-order valence-corrected chi connectivity index (χ3v) is 5.76. The molecule has 7 nitrogen and oxygen atoms in total. The molecule has 0 fully saturated rings. The second kappa shape index (κ2) is 8.80. The number of nitrogens with one attached hydrogen (secondary N) is 1. The van der Waals surface area contributed by atoms with Gasteiger partial charge in [-0.3, -0.25) is 9.59 Å². The minimum absolute atomic E-state index is 0.134. The number of fused-ring (bicyclic) bond motifs is 1. The van der Waals surface area contributed by atoms with Crippen molar-refractivity contribution in [2.24, 2.45) is 0 Å². The van der Waals surface area contributed by atoms with Gasteiger partial charge in [0.25, 0.3) is 5.91 Å². The van der Waals surface area contributed by atoms with E-state index in [2.05, 4.69) is 11.4 Å². The summed E-state index contributed by atoms with van der Waals surface area (Å²) in [7, 11) is 0. The van der Waals surface area contributed by atoms with Crippen molar-refractivity contribution in [2.75, 3.05) is 25.2 Å². The highest BCUT2D eigenvalue weighted by Crippen LogP contribution is 2.34. The molecule has 0 radical (unpaired) electrons. The summed E-state index contributed by atoms with van der Waals surface area (Å²) >= 11 is 1.13. The number of rotatable bonds is 6. The van der Waals surface area contributed by atoms with Crippen LogP contribution >= 0.6 is 11.3 Å². The number of carbonyl (C=O) groups is 2. The van der Waals surface area contributed by atoms with Crippen LogP contribution in [-0.2, 0) is 4.79 Å². The van der Waals surface area contributed by atoms with Gasteiger partial charge in [-0.15, -0.1) is 11.3 Å². The number of hydrogen-bond donors (Lipinski definition) is 1. The largest absolute Gasteiger partial charge is 0.454 e. The topological polar surface area (TPSA) is 91.7 Å². The number of nitriles is 1. The van der Waals surface area contributed by atoms with E-state index in [4.69, 9.17) is 9.47 Å². The van der Waals surface area contributed by atoms with Crippen molar-refractivity contribution in [3.05, 3.63) is 45.8 Å². The standard InChI is InChI=1S/C21H21N3O4S/c1-4-24(5-2)21(26)19-13(3)15(11-22)20(29-19)23-18(25)9-7-14-6-8-16-17(10-14)28-12-27-16/h6-10H,4-5,12H2,1-3H3,(H,23,25)/b9-7-. The maximum Gasteiger partial charge on any atom is 0.264 e. The van der Waals surface area contributed by atoms with E-state index in [0.29, 0.717) is 45.6 Å². The molecule has 1 aromatic heterocycles. The van der Waals surface area contributed by atoms with Crippen LogP contribution in [0.4, 0.5) is 5.00 Å². The zero-order chi connectivity index (χ0) is 21.0. The Hall–Kier alpha value is -3.31. The summed E-state index contributed by atoms with van der Waals surface area (Å²) in [4.78, 5) is 27.2. The number of nitrogens with zero attached hydrogens (tertiary/aromatic N) is 2. The average molecular weight is 411 g/mol. The van der Waals surface area contributed by atoms with Crippen LogP contribution in [0.2, 0.25) is 0 Å². The van der Waals surface area contributed by atoms with Gasteiger partial charge in [0, 0.05) is 19.2 Å². The van der Waals surface area contributed by atoms with E-state index in [1.54, 1.807) is 30.0 Å². The molecule has 1 aromatic carbocycles. The van der Waals surface area contributed by atoms with Crippen LogP contribution in [0.5, 0.6) is 11.5 Å². The van der Waals surface area contributed by atoms with E-state index >= 15 is 0 Å². The summed E-state index contributed by atoms with van der Waals surface area (Å²) in [6.07, 6.45) is 3.02. The predicted octanol–water partition coefficient (Wildman–Crippen LogP) is 3.79. The van der Waals surface area contributed by atoms with Crippen molar-refractivity contribution in [3.8, 4) is 17.6 Å². The predicted molar refractivity (Wildman–Crippen MR) is 111 cm³/mol. The molecule has 0 saturated heterocycles. The Balaban J connectivity index is 1.77. The van der Waals surface area contributed by atoms with Crippen molar-refractivity contribution in [2.45, 2.75) is 20.8 Å². The molecule has 0 unspecified atom stereocenters. The Morgan fingerprint density at radius 3 is 2.69 bits per heavy atom. The highest BCUT2D eigenvalue weighted by molar-refractivity contribution is 7.18. The van der Waals surface area contributed by atoms with Gasteiger partial charge in [-0.05, 0) is 50.1 Å². The van der Waals surface area contributed by atoms with Crippen molar-refractivity contribution >= 4 is 34.2 Å². The minimum atomic E-state index is -0.387. The fourth-order valence-corrected chi connectivity index (χ4v) is 4.06. The number of amides is 2. The maximum atomic E-state index is 12.7. The van der Waals surface area contributed by atoms with Gasteiger partial charge >= 0.3 is 0 Å². The van der Waals surface area contributed by atoms with E-state index in [9.17, 15) is 14.9 Å². The Morgan fingerprint density at radius 1 is 1.28 bits per heavy atom. The molecular weight excluding hydrogens is 390 g/mol. The molecule has 8 heteroatoms. The first-order valence-corrected chi connectivity index (χ1v) is 10.0. The lowest BCUT2D eigenvalue weighted by atomic mass is 10.1. The molecule has 2 heterocycles. The Bertz CT molecular complexity index is 1020. The number of benzene rings is 1. The Morgan fingerprint density at radius 2 is 2.00 bits per heavy atom. The maximum absolute atomic E-state index is 12.7. The van der Waals surface area contributed by atoms with Crippen LogP contribution in [-0.4, -0.2) is 36.6 Å². The van der Waals surface area contributed by atoms with Crippen LogP contribution in [0.15, 0.2) is 24.3 Å². The lowest BCUT2D eigenvalue weighted by molar-refractivity contribution is -0.111. The molecular formula is C21H21N3O4S. The second-order valence-electron chi connectivity index (χ2n) is 6.28. The minimum Gasteiger partial charge on any atom is -0.454 e. The van der Waals surface area contributed by atoms with Gasteiger partial charge in [0.05, 0.1) is 10.4 Å². The van der Waals surface area contributed by atoms with Crippen LogP contribution in [0.3, 0.4) is 0 Å². The molecule has 2 aromatic rings. The Labute approximate surface area is 173 Å². The van der Waals surface area contributed by atoms with Crippen molar-refractivity contribution in [3.63, 3.8) is 0 Å². The van der Waals surface area contributed by atoms with Gasteiger partial charge in [0.1, 0.15) is 11.1 Å². The monoisotopic (exact) mass is 411 g/mol. The second-order valence-corrected chi connectivity index (χ2v) is 7.31. The fraction of sp³-hybridized carbons (Fsp3) is 0.286. The van der Waals surface area contributed by atoms with Crippen LogP contribution in [0, 0.1) is 18.3 Å². The summed E-state index contributed by atoms with van der Waals surface area (Å²) in [5.41, 5.74) is 1.68. The van der Waals surface area contributed by atoms with Gasteiger partial charge in [0.15, 0.2) is 11.5 Å². The lowest BCUT2D eigenvalue weighted by Gasteiger charge is -2.17. The number of carbonyl (C=O) groups excluding carboxylic acids is 2. The zero-order valence-corrected chi connectivity index (χ0v) is 17.3. The third-order valence-electron chi connectivity index (χ3n) is 4.56. The van der Waals surface area contributed by atoms with Gasteiger partial charge in [-0.25, -0.2) is 0 Å². The summed E-state index contributed by atoms with van der Waals surface area (Å²) in [6.45, 7) is 6.87. The average Bonchev–Trinajstić information content (AvgIpc) is 3.30. The van der Waals surface area contributed by atoms with Crippen LogP contribution in [0.25, 0.3) is 6.08 Å². The first-order chi connectivity index (χ1) is 14.0. The molecule has 0 saturated carbocycles. The number of ether oxygens (including phenoxy) is 2. The normalized spacial score (nSPS) is 12.1. The van der Waals surface area contributed by atoms with E-state index in [0.717, 1.165) is 16.9 Å². The Kier molecular flexibility index (Phi) is 6.20. The molecule has 0 bridgehead atoms. The smallest absolute Gasteiger partial charge is 0.264 e. The van der Waals surface area contributed by atoms with Gasteiger partial charge in [-0.1, -0.05) is 6.07 Å². The molecule has 0 aliphatic carbocycles. The first-order valence-electron chi connectivity index (χ1n) is 9.19. The molecule has 2 amide bonds. The molecule has 1 aliphatic heterocycles. The summed E-state index contributed by atoms with van der Waals surface area (Å²) in [5.74, 6) is 0.783. The van der Waals surface area contributed by atoms with Crippen LogP contribution < -0.4 is 14.8 Å². The molecule has 1 N–H and O–H groups in total. The number of anilines is 1. The summed E-state index contributed by atoms with van der Waals surface area (Å²) in [6, 6.07) is 7.47. The molecule has 1 aliphatic rings. The van der Waals surface area contributed by atoms with Crippen molar-refractivity contribution in [1.29, 1.82) is 5.26 Å². The zero-order valence-electron chi connectivity index (χ0n) is 16.4. The van der Waals surface area contributed by atoms with Crippen LogP contribution in [0.1, 0.15) is 40.2 Å². The van der Waals surface area contributed by atoms with Gasteiger partial charge < -0.3 is 19.7 Å². The van der Waals surface area contributed by atoms with E-state index in [-0.39, 0.29) is 18.6 Å². The van der Waals surface area contributed by atoms with Crippen molar-refractivity contribution < 1.29 is 19.1 Å². The summed E-state index contributed by atoms with van der Waals surface area (Å²) < 4.78 is 10.6. The third kappa shape index (κ3) is 4.25. The molecule has 29 heavy (non-hydrogen) atoms. The SMILES string of the molecule is CCN(CC)C(=O)c1sc(NC(=O)/C=C\c2ccc3c(c2)OCO3)c(C#N)c1C. The molecule has 150 valence electrons. The van der Waals surface area contributed by atoms with Crippen molar-refractivity contribution in [1.82, 2.24) is 4.90 Å². The quantitative estimate of drug-likeness (QED) is 0.730. The summed E-state index contributed by atoms with van der Waals surface area (Å²) in [5, 5.41) is 12.6. The lowest BCUT2D eigenvalue weighted by Crippen LogP contribution is -2.30. The molecule has 0 spiro atoms.